The average Bonchev–Trinajstić information content (AvgIpc) is 2.43. The van der Waals surface area contributed by atoms with Crippen LogP contribution in [0.1, 0.15) is 25.8 Å². The van der Waals surface area contributed by atoms with Crippen molar-refractivity contribution in [2.24, 2.45) is 5.73 Å². The van der Waals surface area contributed by atoms with Crippen molar-refractivity contribution in [3.8, 4) is 11.5 Å². The first-order valence-electron chi connectivity index (χ1n) is 6.94. The molecule has 19 heavy (non-hydrogen) atoms. The lowest BCUT2D eigenvalue weighted by Crippen LogP contribution is -2.32. The lowest BCUT2D eigenvalue weighted by molar-refractivity contribution is 0.294. The maximum Gasteiger partial charge on any atom is 0.161 e. The van der Waals surface area contributed by atoms with E-state index in [4.69, 9.17) is 15.2 Å². The topological polar surface area (TPSA) is 56.5 Å². The Hall–Kier alpha value is -1.26. The zero-order chi connectivity index (χ0) is 14.1. The van der Waals surface area contributed by atoms with E-state index < -0.39 is 0 Å². The summed E-state index contributed by atoms with van der Waals surface area (Å²) in [6.45, 7) is 6.47. The summed E-state index contributed by atoms with van der Waals surface area (Å²) >= 11 is 0. The molecule has 1 atom stereocenters. The van der Waals surface area contributed by atoms with Gasteiger partial charge in [0.05, 0.1) is 13.7 Å². The first kappa shape index (κ1) is 15.8. The van der Waals surface area contributed by atoms with Crippen molar-refractivity contribution in [3.05, 3.63) is 23.8 Å². The fraction of sp³-hybridized carbons (Fsp3) is 0.600. The molecule has 0 fully saturated rings. The van der Waals surface area contributed by atoms with Crippen LogP contribution in [0.4, 0.5) is 0 Å². The highest BCUT2D eigenvalue weighted by molar-refractivity contribution is 5.43. The molecule has 0 aromatic heterocycles. The summed E-state index contributed by atoms with van der Waals surface area (Å²) in [5.74, 6) is 1.62. The molecule has 0 heterocycles. The van der Waals surface area contributed by atoms with Gasteiger partial charge in [0.2, 0.25) is 0 Å². The van der Waals surface area contributed by atoms with Crippen LogP contribution in [-0.4, -0.2) is 32.8 Å². The molecule has 0 amide bonds. The van der Waals surface area contributed by atoms with E-state index in [9.17, 15) is 0 Å². The molecule has 0 bridgehead atoms. The van der Waals surface area contributed by atoms with E-state index in [-0.39, 0.29) is 0 Å². The van der Waals surface area contributed by atoms with Crippen LogP contribution in [-0.2, 0) is 6.42 Å². The predicted molar refractivity (Wildman–Crippen MR) is 79.0 cm³/mol. The number of methoxy groups -OCH3 is 1. The Morgan fingerprint density at radius 1 is 1.32 bits per heavy atom. The summed E-state index contributed by atoms with van der Waals surface area (Å²) in [7, 11) is 1.67. The normalized spacial score (nSPS) is 12.2. The minimum Gasteiger partial charge on any atom is -0.493 e. The Labute approximate surface area is 116 Å². The van der Waals surface area contributed by atoms with Gasteiger partial charge in [-0.3, -0.25) is 0 Å². The fourth-order valence-electron chi connectivity index (χ4n) is 1.93. The smallest absolute Gasteiger partial charge is 0.161 e. The highest BCUT2D eigenvalue weighted by atomic mass is 16.5. The van der Waals surface area contributed by atoms with Gasteiger partial charge < -0.3 is 20.5 Å². The van der Waals surface area contributed by atoms with Crippen molar-refractivity contribution in [3.63, 3.8) is 0 Å². The van der Waals surface area contributed by atoms with E-state index in [0.717, 1.165) is 30.9 Å². The summed E-state index contributed by atoms with van der Waals surface area (Å²) in [5, 5.41) is 3.37. The summed E-state index contributed by atoms with van der Waals surface area (Å²) in [4.78, 5) is 0. The molecule has 1 unspecified atom stereocenters. The maximum atomic E-state index is 5.64. The summed E-state index contributed by atoms with van der Waals surface area (Å²) in [5.41, 5.74) is 6.72. The van der Waals surface area contributed by atoms with Gasteiger partial charge in [-0.1, -0.05) is 13.0 Å². The molecule has 0 aliphatic heterocycles. The Morgan fingerprint density at radius 3 is 2.74 bits per heavy atom. The largest absolute Gasteiger partial charge is 0.493 e. The van der Waals surface area contributed by atoms with Crippen molar-refractivity contribution in [2.45, 2.75) is 32.7 Å². The molecule has 0 aliphatic rings. The first-order chi connectivity index (χ1) is 9.21. The Bertz CT molecular complexity index is 369. The van der Waals surface area contributed by atoms with Gasteiger partial charge in [0.1, 0.15) is 0 Å². The van der Waals surface area contributed by atoms with Crippen molar-refractivity contribution < 1.29 is 9.47 Å². The Morgan fingerprint density at radius 2 is 2.11 bits per heavy atom. The molecule has 1 aromatic rings. The van der Waals surface area contributed by atoms with E-state index in [1.54, 1.807) is 7.11 Å². The van der Waals surface area contributed by atoms with E-state index in [1.807, 2.05) is 12.1 Å². The second-order valence-electron chi connectivity index (χ2n) is 4.68. The molecule has 0 saturated heterocycles. The molecule has 0 saturated carbocycles. The van der Waals surface area contributed by atoms with Gasteiger partial charge in [0, 0.05) is 19.1 Å². The quantitative estimate of drug-likeness (QED) is 0.717. The summed E-state index contributed by atoms with van der Waals surface area (Å²) in [6, 6.07) is 6.52. The van der Waals surface area contributed by atoms with Crippen LogP contribution >= 0.6 is 0 Å². The minimum absolute atomic E-state index is 0.399. The van der Waals surface area contributed by atoms with Crippen LogP contribution in [0.15, 0.2) is 18.2 Å². The predicted octanol–water partition coefficient (Wildman–Crippen LogP) is 1.96. The molecule has 108 valence electrons. The van der Waals surface area contributed by atoms with Crippen LogP contribution < -0.4 is 20.5 Å². The number of benzene rings is 1. The van der Waals surface area contributed by atoms with Crippen LogP contribution in [0.25, 0.3) is 0 Å². The Kier molecular flexibility index (Phi) is 7.30. The zero-order valence-corrected chi connectivity index (χ0v) is 12.2. The molecule has 0 radical (unpaired) electrons. The SMILES string of the molecule is CCCOc1ccc(CC(C)NCCN)cc1OC. The van der Waals surface area contributed by atoms with E-state index in [0.29, 0.717) is 19.2 Å². The van der Waals surface area contributed by atoms with Gasteiger partial charge in [-0.2, -0.15) is 0 Å². The first-order valence-corrected chi connectivity index (χ1v) is 6.94. The van der Waals surface area contributed by atoms with Crippen LogP contribution in [0.5, 0.6) is 11.5 Å². The van der Waals surface area contributed by atoms with Crippen molar-refractivity contribution in [1.82, 2.24) is 5.32 Å². The second kappa shape index (κ2) is 8.77. The van der Waals surface area contributed by atoms with Gasteiger partial charge in [0.25, 0.3) is 0 Å². The minimum atomic E-state index is 0.399. The molecule has 4 nitrogen and oxygen atoms in total. The molecular weight excluding hydrogens is 240 g/mol. The van der Waals surface area contributed by atoms with Crippen molar-refractivity contribution >= 4 is 0 Å². The lowest BCUT2D eigenvalue weighted by Gasteiger charge is -2.15. The third kappa shape index (κ3) is 5.49. The average molecular weight is 266 g/mol. The highest BCUT2D eigenvalue weighted by Gasteiger charge is 2.08. The number of nitrogens with one attached hydrogen (secondary N) is 1. The number of nitrogens with two attached hydrogens (primary N) is 1. The van der Waals surface area contributed by atoms with Crippen LogP contribution in [0.2, 0.25) is 0 Å². The second-order valence-corrected chi connectivity index (χ2v) is 4.68. The third-order valence-corrected chi connectivity index (χ3v) is 2.87. The molecular formula is C15H26N2O2. The van der Waals surface area contributed by atoms with Gasteiger partial charge in [-0.15, -0.1) is 0 Å². The van der Waals surface area contributed by atoms with Gasteiger partial charge >= 0.3 is 0 Å². The highest BCUT2D eigenvalue weighted by Crippen LogP contribution is 2.28. The van der Waals surface area contributed by atoms with E-state index in [1.165, 1.54) is 5.56 Å². The molecule has 1 aromatic carbocycles. The van der Waals surface area contributed by atoms with Gasteiger partial charge in [0.15, 0.2) is 11.5 Å². The number of ether oxygens (including phenoxy) is 2. The fourth-order valence-corrected chi connectivity index (χ4v) is 1.93. The number of hydrogen-bond acceptors (Lipinski definition) is 4. The number of rotatable bonds is 9. The van der Waals surface area contributed by atoms with E-state index in [2.05, 4.69) is 25.2 Å². The monoisotopic (exact) mass is 266 g/mol. The van der Waals surface area contributed by atoms with Gasteiger partial charge in [-0.25, -0.2) is 0 Å². The lowest BCUT2D eigenvalue weighted by atomic mass is 10.1. The molecule has 4 heteroatoms. The van der Waals surface area contributed by atoms with Gasteiger partial charge in [-0.05, 0) is 37.5 Å². The molecule has 1 rings (SSSR count). The summed E-state index contributed by atoms with van der Waals surface area (Å²) in [6.07, 6.45) is 1.94. The van der Waals surface area contributed by atoms with Crippen LogP contribution in [0, 0.1) is 0 Å². The molecule has 0 spiro atoms. The summed E-state index contributed by atoms with van der Waals surface area (Å²) < 4.78 is 11.0. The van der Waals surface area contributed by atoms with Crippen molar-refractivity contribution in [2.75, 3.05) is 26.8 Å². The maximum absolute atomic E-state index is 5.64. The zero-order valence-electron chi connectivity index (χ0n) is 12.2. The van der Waals surface area contributed by atoms with Crippen LogP contribution in [0.3, 0.4) is 0 Å². The number of hydrogen-bond donors (Lipinski definition) is 2. The van der Waals surface area contributed by atoms with Crippen molar-refractivity contribution in [1.29, 1.82) is 0 Å². The third-order valence-electron chi connectivity index (χ3n) is 2.87. The molecule has 3 N–H and O–H groups in total. The standard InChI is InChI=1S/C15H26N2O2/c1-4-9-19-14-6-5-13(11-15(14)18-3)10-12(2)17-8-7-16/h5-6,11-12,17H,4,7-10,16H2,1-3H3. The molecule has 0 aliphatic carbocycles. The van der Waals surface area contributed by atoms with E-state index >= 15 is 0 Å². The Balaban J connectivity index is 2.65.